The lowest BCUT2D eigenvalue weighted by Crippen LogP contribution is -2.41. The lowest BCUT2D eigenvalue weighted by molar-refractivity contribution is -0.134. The fraction of sp³-hybridized carbons (Fsp3) is 0.310. The number of anilines is 1. The molecule has 0 fully saturated rings. The minimum Gasteiger partial charge on any atom is -0.484 e. The molecule has 1 unspecified atom stereocenters. The van der Waals surface area contributed by atoms with Crippen LogP contribution in [0.2, 0.25) is 0 Å². The maximum atomic E-state index is 13.2. The number of ether oxygens (including phenoxy) is 1. The van der Waals surface area contributed by atoms with E-state index in [4.69, 9.17) is 4.74 Å². The molecule has 34 heavy (non-hydrogen) atoms. The van der Waals surface area contributed by atoms with Crippen molar-refractivity contribution in [2.45, 2.75) is 32.7 Å². The van der Waals surface area contributed by atoms with Crippen LogP contribution in [-0.4, -0.2) is 36.9 Å². The van der Waals surface area contributed by atoms with Gasteiger partial charge in [0.05, 0.1) is 6.04 Å². The summed E-state index contributed by atoms with van der Waals surface area (Å²) < 4.78 is 5.93. The summed E-state index contributed by atoms with van der Waals surface area (Å²) in [7, 11) is 1.75. The minimum atomic E-state index is -0.164. The van der Waals surface area contributed by atoms with Gasteiger partial charge >= 0.3 is 0 Å². The number of rotatable bonds is 7. The van der Waals surface area contributed by atoms with Gasteiger partial charge in [-0.1, -0.05) is 68.4 Å². The number of hydrogen-bond acceptors (Lipinski definition) is 3. The molecule has 0 aliphatic carbocycles. The van der Waals surface area contributed by atoms with Gasteiger partial charge in [0.2, 0.25) is 5.91 Å². The van der Waals surface area contributed by atoms with Gasteiger partial charge in [-0.05, 0) is 53.3 Å². The molecular formula is C29H32N2O3. The Hall–Kier alpha value is -3.60. The third kappa shape index (κ3) is 5.30. The fourth-order valence-electron chi connectivity index (χ4n) is 4.45. The molecule has 5 nitrogen and oxygen atoms in total. The Labute approximate surface area is 202 Å². The van der Waals surface area contributed by atoms with E-state index < -0.39 is 0 Å². The monoisotopic (exact) mass is 456 g/mol. The maximum absolute atomic E-state index is 13.2. The topological polar surface area (TPSA) is 49.9 Å². The summed E-state index contributed by atoms with van der Waals surface area (Å²) in [6.45, 7) is 4.78. The Kier molecular flexibility index (Phi) is 7.31. The summed E-state index contributed by atoms with van der Waals surface area (Å²) in [6, 6.07) is 25.5. The first-order valence-corrected chi connectivity index (χ1v) is 11.9. The first kappa shape index (κ1) is 23.6. The zero-order valence-corrected chi connectivity index (χ0v) is 20.1. The fourth-order valence-corrected chi connectivity index (χ4v) is 4.45. The Morgan fingerprint density at radius 1 is 1.00 bits per heavy atom. The van der Waals surface area contributed by atoms with Crippen molar-refractivity contribution >= 4 is 17.5 Å². The van der Waals surface area contributed by atoms with E-state index in [0.29, 0.717) is 24.6 Å². The molecule has 176 valence electrons. The number of para-hydroxylation sites is 1. The molecule has 0 radical (unpaired) electrons. The zero-order chi connectivity index (χ0) is 24.1. The molecule has 0 N–H and O–H groups in total. The second-order valence-electron chi connectivity index (χ2n) is 9.19. The van der Waals surface area contributed by atoms with Gasteiger partial charge in [0.1, 0.15) is 5.75 Å². The summed E-state index contributed by atoms with van der Waals surface area (Å²) >= 11 is 0. The van der Waals surface area contributed by atoms with Gasteiger partial charge in [0, 0.05) is 25.7 Å². The maximum Gasteiger partial charge on any atom is 0.264 e. The lowest BCUT2D eigenvalue weighted by atomic mass is 9.87. The molecule has 5 heteroatoms. The largest absolute Gasteiger partial charge is 0.484 e. The van der Waals surface area contributed by atoms with Gasteiger partial charge in [0.15, 0.2) is 6.61 Å². The second-order valence-corrected chi connectivity index (χ2v) is 9.19. The van der Waals surface area contributed by atoms with E-state index >= 15 is 0 Å². The molecule has 3 aromatic rings. The van der Waals surface area contributed by atoms with Crippen LogP contribution in [0.5, 0.6) is 5.75 Å². The zero-order valence-electron chi connectivity index (χ0n) is 20.1. The molecule has 0 saturated carbocycles. The molecule has 1 heterocycles. The third-order valence-electron chi connectivity index (χ3n) is 6.24. The number of fused-ring (bicyclic) bond motifs is 1. The van der Waals surface area contributed by atoms with Crippen molar-refractivity contribution in [3.63, 3.8) is 0 Å². The van der Waals surface area contributed by atoms with E-state index in [-0.39, 0.29) is 24.5 Å². The molecule has 0 saturated heterocycles. The number of benzene rings is 3. The number of hydrogen-bond donors (Lipinski definition) is 0. The van der Waals surface area contributed by atoms with Crippen molar-refractivity contribution in [1.29, 1.82) is 0 Å². The van der Waals surface area contributed by atoms with E-state index in [1.165, 1.54) is 5.56 Å². The Bertz CT molecular complexity index is 1130. The first-order chi connectivity index (χ1) is 16.4. The summed E-state index contributed by atoms with van der Waals surface area (Å²) in [4.78, 5) is 29.4. The van der Waals surface area contributed by atoms with Crippen LogP contribution in [0.25, 0.3) is 0 Å². The number of nitrogens with zero attached hydrogens (tertiary/aromatic N) is 2. The average Bonchev–Trinajstić information content (AvgIpc) is 2.86. The van der Waals surface area contributed by atoms with Crippen LogP contribution in [-0.2, 0) is 16.0 Å². The smallest absolute Gasteiger partial charge is 0.264 e. The summed E-state index contributed by atoms with van der Waals surface area (Å²) in [5, 5.41) is 0. The molecule has 3 aromatic carbocycles. The van der Waals surface area contributed by atoms with Gasteiger partial charge in [0.25, 0.3) is 5.91 Å². The van der Waals surface area contributed by atoms with Crippen molar-refractivity contribution < 1.29 is 14.3 Å². The third-order valence-corrected chi connectivity index (χ3v) is 6.24. The number of carbonyl (C=O) groups is 2. The predicted molar refractivity (Wildman–Crippen MR) is 135 cm³/mol. The van der Waals surface area contributed by atoms with Crippen molar-refractivity contribution in [2.24, 2.45) is 5.92 Å². The Morgan fingerprint density at radius 2 is 1.68 bits per heavy atom. The van der Waals surface area contributed by atoms with Crippen molar-refractivity contribution in [3.8, 4) is 5.75 Å². The summed E-state index contributed by atoms with van der Waals surface area (Å²) in [5.41, 5.74) is 4.18. The van der Waals surface area contributed by atoms with Gasteiger partial charge in [-0.25, -0.2) is 0 Å². The molecular weight excluding hydrogens is 424 g/mol. The summed E-state index contributed by atoms with van der Waals surface area (Å²) in [6.07, 6.45) is 1.33. The van der Waals surface area contributed by atoms with Gasteiger partial charge in [-0.2, -0.15) is 0 Å². The van der Waals surface area contributed by atoms with Crippen LogP contribution in [0.15, 0.2) is 78.9 Å². The van der Waals surface area contributed by atoms with Crippen LogP contribution in [0.4, 0.5) is 5.69 Å². The first-order valence-electron chi connectivity index (χ1n) is 11.9. The van der Waals surface area contributed by atoms with Crippen LogP contribution in [0, 0.1) is 5.92 Å². The number of carbonyl (C=O) groups excluding carboxylic acids is 2. The molecule has 0 spiro atoms. The van der Waals surface area contributed by atoms with Crippen LogP contribution in [0.1, 0.15) is 43.0 Å². The average molecular weight is 457 g/mol. The molecule has 2 amide bonds. The molecule has 4 rings (SSSR count). The SMILES string of the molecule is CC(C)CC(=O)N1CCc2ccc(OCC(=O)N(C)c3ccccc3)cc2C1c1ccccc1. The van der Waals surface area contributed by atoms with E-state index in [1.54, 1.807) is 11.9 Å². The van der Waals surface area contributed by atoms with Gasteiger partial charge < -0.3 is 14.5 Å². The highest BCUT2D eigenvalue weighted by molar-refractivity contribution is 5.93. The van der Waals surface area contributed by atoms with E-state index in [1.807, 2.05) is 65.6 Å². The van der Waals surface area contributed by atoms with E-state index in [2.05, 4.69) is 32.0 Å². The van der Waals surface area contributed by atoms with Gasteiger partial charge in [-0.3, -0.25) is 9.59 Å². The van der Waals surface area contributed by atoms with Crippen LogP contribution in [0.3, 0.4) is 0 Å². The van der Waals surface area contributed by atoms with Crippen LogP contribution >= 0.6 is 0 Å². The summed E-state index contributed by atoms with van der Waals surface area (Å²) in [5.74, 6) is 0.970. The minimum absolute atomic E-state index is 0.0593. The highest BCUT2D eigenvalue weighted by Crippen LogP contribution is 2.37. The predicted octanol–water partition coefficient (Wildman–Crippen LogP) is 5.25. The highest BCUT2D eigenvalue weighted by Gasteiger charge is 2.32. The normalized spacial score (nSPS) is 15.1. The highest BCUT2D eigenvalue weighted by atomic mass is 16.5. The standard InChI is InChI=1S/C29H32N2O3/c1-21(2)18-27(32)31-17-16-22-14-15-25(19-26(22)29(31)23-10-6-4-7-11-23)34-20-28(33)30(3)24-12-8-5-9-13-24/h4-15,19,21,29H,16-18,20H2,1-3H3. The van der Waals surface area contributed by atoms with Crippen molar-refractivity contribution in [2.75, 3.05) is 25.1 Å². The van der Waals surface area contributed by atoms with Gasteiger partial charge in [-0.15, -0.1) is 0 Å². The quantitative estimate of drug-likeness (QED) is 0.488. The van der Waals surface area contributed by atoms with Crippen molar-refractivity contribution in [3.05, 3.63) is 95.6 Å². The van der Waals surface area contributed by atoms with E-state index in [0.717, 1.165) is 23.2 Å². The Balaban J connectivity index is 1.57. The molecule has 1 aliphatic rings. The van der Waals surface area contributed by atoms with Crippen LogP contribution < -0.4 is 9.64 Å². The molecule has 1 aliphatic heterocycles. The Morgan fingerprint density at radius 3 is 2.35 bits per heavy atom. The molecule has 1 atom stereocenters. The number of likely N-dealkylation sites (N-methyl/N-ethyl adjacent to an activating group) is 1. The number of amides is 2. The molecule has 0 bridgehead atoms. The second kappa shape index (κ2) is 10.6. The molecule has 0 aromatic heterocycles. The lowest BCUT2D eigenvalue weighted by Gasteiger charge is -2.38. The van der Waals surface area contributed by atoms with Crippen molar-refractivity contribution in [1.82, 2.24) is 4.90 Å². The van der Waals surface area contributed by atoms with E-state index in [9.17, 15) is 9.59 Å².